The normalized spacial score (nSPS) is 10.5. The molecule has 0 aliphatic carbocycles. The summed E-state index contributed by atoms with van der Waals surface area (Å²) in [5, 5.41) is 3.18. The molecule has 90 valence electrons. The van der Waals surface area contributed by atoms with E-state index in [4.69, 9.17) is 4.42 Å². The number of aryl methyl sites for hydroxylation is 3. The Labute approximate surface area is 100 Å². The van der Waals surface area contributed by atoms with E-state index in [1.807, 2.05) is 20.8 Å². The fourth-order valence-corrected chi connectivity index (χ4v) is 1.46. The summed E-state index contributed by atoms with van der Waals surface area (Å²) >= 11 is 0. The van der Waals surface area contributed by atoms with Gasteiger partial charge in [-0.3, -0.25) is 4.98 Å². The van der Waals surface area contributed by atoms with Gasteiger partial charge in [0, 0.05) is 12.6 Å². The number of anilines is 1. The average Bonchev–Trinajstić information content (AvgIpc) is 2.78. The van der Waals surface area contributed by atoms with E-state index in [1.54, 1.807) is 12.4 Å². The molecule has 0 aliphatic rings. The molecule has 2 rings (SSSR count). The van der Waals surface area contributed by atoms with Gasteiger partial charge in [0.05, 0.1) is 24.1 Å². The van der Waals surface area contributed by atoms with Crippen molar-refractivity contribution in [1.29, 1.82) is 0 Å². The van der Waals surface area contributed by atoms with Crippen LogP contribution in [-0.4, -0.2) is 15.0 Å². The monoisotopic (exact) mass is 232 g/mol. The van der Waals surface area contributed by atoms with Gasteiger partial charge >= 0.3 is 0 Å². The molecular weight excluding hydrogens is 216 g/mol. The van der Waals surface area contributed by atoms with Crippen molar-refractivity contribution >= 4 is 5.82 Å². The third-order valence-corrected chi connectivity index (χ3v) is 2.43. The maximum atomic E-state index is 5.50. The van der Waals surface area contributed by atoms with Crippen molar-refractivity contribution in [3.05, 3.63) is 35.4 Å². The summed E-state index contributed by atoms with van der Waals surface area (Å²) in [4.78, 5) is 12.8. The zero-order chi connectivity index (χ0) is 12.3. The summed E-state index contributed by atoms with van der Waals surface area (Å²) in [7, 11) is 0. The minimum absolute atomic E-state index is 0.527. The van der Waals surface area contributed by atoms with Crippen molar-refractivity contribution in [2.24, 2.45) is 0 Å². The van der Waals surface area contributed by atoms with E-state index < -0.39 is 0 Å². The third kappa shape index (κ3) is 2.81. The van der Waals surface area contributed by atoms with Crippen LogP contribution in [0.15, 0.2) is 16.8 Å². The quantitative estimate of drug-likeness (QED) is 0.876. The summed E-state index contributed by atoms with van der Waals surface area (Å²) in [6.45, 7) is 6.40. The fraction of sp³-hybridized carbons (Fsp3) is 0.417. The largest absolute Gasteiger partial charge is 0.444 e. The lowest BCUT2D eigenvalue weighted by atomic mass is 10.4. The van der Waals surface area contributed by atoms with E-state index >= 15 is 0 Å². The first kappa shape index (κ1) is 11.6. The Balaban J connectivity index is 2.04. The molecule has 0 bridgehead atoms. The number of aromatic nitrogens is 3. The predicted molar refractivity (Wildman–Crippen MR) is 64.7 cm³/mol. The van der Waals surface area contributed by atoms with Gasteiger partial charge in [-0.1, -0.05) is 6.92 Å². The van der Waals surface area contributed by atoms with Gasteiger partial charge < -0.3 is 9.73 Å². The van der Waals surface area contributed by atoms with Crippen LogP contribution < -0.4 is 5.32 Å². The molecule has 0 saturated carbocycles. The smallest absolute Gasteiger partial charge is 0.213 e. The lowest BCUT2D eigenvalue weighted by molar-refractivity contribution is 0.465. The number of nitrogens with zero attached hydrogens (tertiary/aromatic N) is 3. The van der Waals surface area contributed by atoms with E-state index in [2.05, 4.69) is 20.3 Å². The minimum atomic E-state index is 0.527. The number of rotatable bonds is 4. The topological polar surface area (TPSA) is 63.8 Å². The van der Waals surface area contributed by atoms with E-state index in [0.717, 1.165) is 29.4 Å². The van der Waals surface area contributed by atoms with Crippen molar-refractivity contribution < 1.29 is 4.42 Å². The first-order valence-electron chi connectivity index (χ1n) is 5.66. The van der Waals surface area contributed by atoms with Crippen LogP contribution in [-0.2, 0) is 13.0 Å². The molecule has 0 aromatic carbocycles. The molecule has 5 heteroatoms. The van der Waals surface area contributed by atoms with Crippen LogP contribution in [0.5, 0.6) is 0 Å². The minimum Gasteiger partial charge on any atom is -0.444 e. The molecule has 17 heavy (non-hydrogen) atoms. The molecule has 5 nitrogen and oxygen atoms in total. The van der Waals surface area contributed by atoms with Gasteiger partial charge in [0.25, 0.3) is 0 Å². The Hall–Kier alpha value is -1.91. The zero-order valence-corrected chi connectivity index (χ0v) is 10.3. The van der Waals surface area contributed by atoms with Gasteiger partial charge in [-0.2, -0.15) is 0 Å². The van der Waals surface area contributed by atoms with Crippen molar-refractivity contribution in [2.45, 2.75) is 33.7 Å². The Bertz CT molecular complexity index is 507. The summed E-state index contributed by atoms with van der Waals surface area (Å²) in [5.41, 5.74) is 1.76. The molecule has 0 atom stereocenters. The van der Waals surface area contributed by atoms with E-state index in [0.29, 0.717) is 12.4 Å². The molecule has 0 aliphatic heterocycles. The molecule has 2 aromatic rings. The average molecular weight is 232 g/mol. The molecule has 2 aromatic heterocycles. The Morgan fingerprint density at radius 1 is 1.24 bits per heavy atom. The van der Waals surface area contributed by atoms with Crippen molar-refractivity contribution in [3.63, 3.8) is 0 Å². The van der Waals surface area contributed by atoms with Crippen LogP contribution >= 0.6 is 0 Å². The standard InChI is InChI=1S/C12H16N4O/c1-4-10-6-14-11(17-10)7-15-12-9(3)13-5-8(2)16-12/h5-6H,4,7H2,1-3H3,(H,15,16). The summed E-state index contributed by atoms with van der Waals surface area (Å²) < 4.78 is 5.50. The van der Waals surface area contributed by atoms with E-state index in [1.165, 1.54) is 0 Å². The van der Waals surface area contributed by atoms with E-state index in [-0.39, 0.29) is 0 Å². The zero-order valence-electron chi connectivity index (χ0n) is 10.3. The van der Waals surface area contributed by atoms with E-state index in [9.17, 15) is 0 Å². The van der Waals surface area contributed by atoms with Gasteiger partial charge in [-0.05, 0) is 13.8 Å². The van der Waals surface area contributed by atoms with Gasteiger partial charge in [0.15, 0.2) is 0 Å². The van der Waals surface area contributed by atoms with Gasteiger partial charge in [-0.25, -0.2) is 9.97 Å². The van der Waals surface area contributed by atoms with Crippen LogP contribution in [0.4, 0.5) is 5.82 Å². The molecule has 0 spiro atoms. The molecule has 0 fully saturated rings. The molecule has 1 N–H and O–H groups in total. The van der Waals surface area contributed by atoms with Crippen LogP contribution in [0.25, 0.3) is 0 Å². The van der Waals surface area contributed by atoms with Crippen molar-refractivity contribution in [3.8, 4) is 0 Å². The molecule has 2 heterocycles. The number of hydrogen-bond donors (Lipinski definition) is 1. The molecular formula is C12H16N4O. The highest BCUT2D eigenvalue weighted by molar-refractivity contribution is 5.39. The van der Waals surface area contributed by atoms with Crippen molar-refractivity contribution in [1.82, 2.24) is 15.0 Å². The first-order valence-corrected chi connectivity index (χ1v) is 5.66. The molecule has 0 radical (unpaired) electrons. The van der Waals surface area contributed by atoms with Crippen LogP contribution in [0.3, 0.4) is 0 Å². The molecule has 0 unspecified atom stereocenters. The second-order valence-corrected chi connectivity index (χ2v) is 3.87. The lowest BCUT2D eigenvalue weighted by Gasteiger charge is -2.06. The van der Waals surface area contributed by atoms with Crippen LogP contribution in [0.2, 0.25) is 0 Å². The van der Waals surface area contributed by atoms with Gasteiger partial charge in [0.1, 0.15) is 11.6 Å². The number of nitrogens with one attached hydrogen (secondary N) is 1. The number of oxazole rings is 1. The lowest BCUT2D eigenvalue weighted by Crippen LogP contribution is -2.05. The highest BCUT2D eigenvalue weighted by atomic mass is 16.4. The second-order valence-electron chi connectivity index (χ2n) is 3.87. The Morgan fingerprint density at radius 3 is 2.76 bits per heavy atom. The summed E-state index contributed by atoms with van der Waals surface area (Å²) in [6, 6.07) is 0. The summed E-state index contributed by atoms with van der Waals surface area (Å²) in [5.74, 6) is 2.35. The first-order chi connectivity index (χ1) is 8.19. The Kier molecular flexibility index (Phi) is 3.37. The van der Waals surface area contributed by atoms with Crippen LogP contribution in [0, 0.1) is 13.8 Å². The summed E-state index contributed by atoms with van der Waals surface area (Å²) in [6.07, 6.45) is 4.36. The van der Waals surface area contributed by atoms with Gasteiger partial charge in [-0.15, -0.1) is 0 Å². The predicted octanol–water partition coefficient (Wildman–Crippen LogP) is 2.26. The molecule has 0 saturated heterocycles. The van der Waals surface area contributed by atoms with Gasteiger partial charge in [0.2, 0.25) is 5.89 Å². The number of hydrogen-bond acceptors (Lipinski definition) is 5. The maximum Gasteiger partial charge on any atom is 0.213 e. The highest BCUT2D eigenvalue weighted by Gasteiger charge is 2.05. The molecule has 0 amide bonds. The fourth-order valence-electron chi connectivity index (χ4n) is 1.46. The Morgan fingerprint density at radius 2 is 2.06 bits per heavy atom. The third-order valence-electron chi connectivity index (χ3n) is 2.43. The highest BCUT2D eigenvalue weighted by Crippen LogP contribution is 2.11. The SMILES string of the molecule is CCc1cnc(CNc2nc(C)cnc2C)o1. The maximum absolute atomic E-state index is 5.50. The second kappa shape index (κ2) is 4.95. The van der Waals surface area contributed by atoms with Crippen LogP contribution in [0.1, 0.15) is 30.0 Å². The van der Waals surface area contributed by atoms with Crippen molar-refractivity contribution in [2.75, 3.05) is 5.32 Å².